The van der Waals surface area contributed by atoms with Gasteiger partial charge >= 0.3 is 0 Å². The summed E-state index contributed by atoms with van der Waals surface area (Å²) in [5, 5.41) is 4.93. The summed E-state index contributed by atoms with van der Waals surface area (Å²) in [6.07, 6.45) is 2.02. The lowest BCUT2D eigenvalue weighted by Crippen LogP contribution is -3.00. The highest BCUT2D eigenvalue weighted by Crippen LogP contribution is 2.37. The van der Waals surface area contributed by atoms with Crippen LogP contribution in [0, 0.1) is 0 Å². The molecule has 0 bridgehead atoms. The summed E-state index contributed by atoms with van der Waals surface area (Å²) in [5.41, 5.74) is 4.56. The molecule has 4 aromatic carbocycles. The summed E-state index contributed by atoms with van der Waals surface area (Å²) in [7, 11) is 8.50. The Balaban J connectivity index is 0.00000442. The van der Waals surface area contributed by atoms with Crippen molar-refractivity contribution < 1.29 is 26.3 Å². The van der Waals surface area contributed by atoms with Crippen LogP contribution in [0.15, 0.2) is 72.8 Å². The van der Waals surface area contributed by atoms with Gasteiger partial charge in [-0.2, -0.15) is 0 Å². The zero-order valence-electron chi connectivity index (χ0n) is 27.6. The van der Waals surface area contributed by atoms with Gasteiger partial charge in [-0.3, -0.25) is 4.79 Å². The number of rotatable bonds is 11. The molecule has 44 heavy (non-hydrogen) atoms. The van der Waals surface area contributed by atoms with E-state index in [4.69, 9.17) is 4.98 Å². The van der Waals surface area contributed by atoms with Crippen molar-refractivity contribution in [3.8, 4) is 11.4 Å². The largest absolute Gasteiger partial charge is 1.00 e. The molecule has 1 amide bonds. The fourth-order valence-corrected chi connectivity index (χ4v) is 6.62. The number of carbonyl (C=O) groups excluding carboxylic acids is 1. The van der Waals surface area contributed by atoms with Gasteiger partial charge in [0.1, 0.15) is 5.82 Å². The van der Waals surface area contributed by atoms with Crippen LogP contribution in [0.2, 0.25) is 0 Å². The second kappa shape index (κ2) is 13.7. The Morgan fingerprint density at radius 3 is 1.91 bits per heavy atom. The van der Waals surface area contributed by atoms with E-state index >= 15 is 0 Å². The van der Waals surface area contributed by atoms with Crippen LogP contribution in [-0.4, -0.2) is 78.2 Å². The maximum atomic E-state index is 13.2. The highest BCUT2D eigenvalue weighted by atomic mass is 79.9. The Hall–Kier alpha value is -3.42. The van der Waals surface area contributed by atoms with Crippen molar-refractivity contribution in [2.24, 2.45) is 0 Å². The Morgan fingerprint density at radius 1 is 0.795 bits per heavy atom. The predicted molar refractivity (Wildman–Crippen MR) is 183 cm³/mol. The van der Waals surface area contributed by atoms with E-state index in [0.717, 1.165) is 42.8 Å². The third kappa shape index (κ3) is 6.79. The standard InChI is InChI=1S/C37H48N5O.BrH/c1-26(2)41(27(3)4)34(43)25-42(7,8)24-14-13-23-40-36-33-18-12-10-16-31(33)30-15-9-11-17-32(30)35(36)38-37(40)28-19-21-29(22-20-28)39(5)6;/h9-12,15-22,26-27H,13-14,23-25H2,1-8H3;1H/q+1;/p-1. The number of likely N-dealkylation sites (N-methyl/N-ethyl adjacent to an activating group) is 1. The topological polar surface area (TPSA) is 41.4 Å². The number of hydrogen-bond acceptors (Lipinski definition) is 3. The fraction of sp³-hybridized carbons (Fsp3) is 0.405. The molecule has 6 nitrogen and oxygen atoms in total. The van der Waals surface area contributed by atoms with Gasteiger partial charge in [-0.1, -0.05) is 48.5 Å². The van der Waals surface area contributed by atoms with Crippen LogP contribution >= 0.6 is 0 Å². The van der Waals surface area contributed by atoms with E-state index < -0.39 is 0 Å². The average Bonchev–Trinajstić information content (AvgIpc) is 3.34. The smallest absolute Gasteiger partial charge is 0.278 e. The summed E-state index contributed by atoms with van der Waals surface area (Å²) in [6.45, 7) is 10.7. The minimum absolute atomic E-state index is 0. The van der Waals surface area contributed by atoms with Gasteiger partial charge in [0.05, 0.1) is 31.7 Å². The van der Waals surface area contributed by atoms with E-state index in [9.17, 15) is 4.79 Å². The van der Waals surface area contributed by atoms with Crippen molar-refractivity contribution in [3.05, 3.63) is 72.8 Å². The number of carbonyl (C=O) groups is 1. The summed E-state index contributed by atoms with van der Waals surface area (Å²) in [4.78, 5) is 22.7. The first kappa shape index (κ1) is 33.5. The van der Waals surface area contributed by atoms with Gasteiger partial charge in [-0.25, -0.2) is 4.98 Å². The molecule has 0 radical (unpaired) electrons. The SMILES string of the molecule is CC(C)N(C(=O)C[N+](C)(C)CCCCn1c(-c2ccc(N(C)C)cc2)nc2c3ccccc3c3ccccc3c21)C(C)C.[Br-]. The maximum absolute atomic E-state index is 13.2. The van der Waals surface area contributed by atoms with Crippen LogP contribution in [0.4, 0.5) is 5.69 Å². The highest BCUT2D eigenvalue weighted by Gasteiger charge is 2.27. The van der Waals surface area contributed by atoms with Crippen LogP contribution in [0.5, 0.6) is 0 Å². The molecule has 0 saturated carbocycles. The lowest BCUT2D eigenvalue weighted by atomic mass is 10.00. The van der Waals surface area contributed by atoms with Gasteiger partial charge < -0.3 is 35.8 Å². The molecule has 0 atom stereocenters. The van der Waals surface area contributed by atoms with Crippen LogP contribution in [0.1, 0.15) is 40.5 Å². The normalized spacial score (nSPS) is 12.0. The molecule has 0 fully saturated rings. The summed E-state index contributed by atoms with van der Waals surface area (Å²) in [5.74, 6) is 1.24. The molecule has 0 spiro atoms. The van der Waals surface area contributed by atoms with Crippen molar-refractivity contribution >= 4 is 44.2 Å². The van der Waals surface area contributed by atoms with Crippen molar-refractivity contribution in [3.63, 3.8) is 0 Å². The van der Waals surface area contributed by atoms with Crippen molar-refractivity contribution in [1.29, 1.82) is 0 Å². The predicted octanol–water partition coefficient (Wildman–Crippen LogP) is 4.58. The average molecular weight is 659 g/mol. The quantitative estimate of drug-likeness (QED) is 0.119. The first-order valence-electron chi connectivity index (χ1n) is 15.7. The number of aromatic nitrogens is 2. The second-order valence-electron chi connectivity index (χ2n) is 13.3. The second-order valence-corrected chi connectivity index (χ2v) is 13.3. The minimum atomic E-state index is 0. The van der Waals surface area contributed by atoms with Gasteiger partial charge in [0, 0.05) is 54.7 Å². The number of nitrogens with zero attached hydrogens (tertiary/aromatic N) is 5. The van der Waals surface area contributed by atoms with Crippen LogP contribution in [-0.2, 0) is 11.3 Å². The van der Waals surface area contributed by atoms with Gasteiger partial charge in [0.2, 0.25) is 0 Å². The highest BCUT2D eigenvalue weighted by molar-refractivity contribution is 6.23. The molecule has 1 aromatic heterocycles. The molecule has 5 rings (SSSR count). The van der Waals surface area contributed by atoms with Gasteiger partial charge in [-0.05, 0) is 75.6 Å². The number of hydrogen-bond donors (Lipinski definition) is 0. The van der Waals surface area contributed by atoms with Crippen molar-refractivity contribution in [2.45, 2.75) is 59.2 Å². The maximum Gasteiger partial charge on any atom is 0.278 e. The number of fused-ring (bicyclic) bond motifs is 6. The molecule has 5 aromatic rings. The van der Waals surface area contributed by atoms with Gasteiger partial charge in [0.25, 0.3) is 5.91 Å². The minimum Gasteiger partial charge on any atom is -1.00 e. The number of benzene rings is 4. The Bertz CT molecular complexity index is 1730. The van der Waals surface area contributed by atoms with Gasteiger partial charge in [0.15, 0.2) is 6.54 Å². The zero-order valence-corrected chi connectivity index (χ0v) is 29.2. The van der Waals surface area contributed by atoms with Crippen molar-refractivity contribution in [2.75, 3.05) is 46.2 Å². The molecule has 0 aliphatic carbocycles. The van der Waals surface area contributed by atoms with E-state index in [1.807, 2.05) is 4.90 Å². The van der Waals surface area contributed by atoms with Crippen LogP contribution < -0.4 is 21.9 Å². The molecule has 0 saturated heterocycles. The van der Waals surface area contributed by atoms with Crippen LogP contribution in [0.25, 0.3) is 44.0 Å². The molecule has 1 heterocycles. The summed E-state index contributed by atoms with van der Waals surface area (Å²) in [6, 6.07) is 26.5. The molecule has 0 N–H and O–H groups in total. The monoisotopic (exact) mass is 657 g/mol. The molecule has 234 valence electrons. The Kier molecular flexibility index (Phi) is 10.4. The number of unbranched alkanes of at least 4 members (excludes halogenated alkanes) is 1. The first-order chi connectivity index (χ1) is 20.5. The number of halogens is 1. The molecule has 0 aliphatic heterocycles. The molecule has 0 unspecified atom stereocenters. The zero-order chi connectivity index (χ0) is 30.9. The molecular formula is C37H48BrN5O. The first-order valence-corrected chi connectivity index (χ1v) is 15.7. The summed E-state index contributed by atoms with van der Waals surface area (Å²) < 4.78 is 3.13. The lowest BCUT2D eigenvalue weighted by molar-refractivity contribution is -0.883. The fourth-order valence-electron chi connectivity index (χ4n) is 6.62. The molecule has 7 heteroatoms. The van der Waals surface area contributed by atoms with Crippen LogP contribution in [0.3, 0.4) is 0 Å². The summed E-state index contributed by atoms with van der Waals surface area (Å²) >= 11 is 0. The third-order valence-corrected chi connectivity index (χ3v) is 8.62. The molecular weight excluding hydrogens is 610 g/mol. The molecule has 0 aliphatic rings. The van der Waals surface area contributed by atoms with E-state index in [-0.39, 0.29) is 35.0 Å². The van der Waals surface area contributed by atoms with E-state index in [1.165, 1.54) is 32.7 Å². The number of amides is 1. The lowest BCUT2D eigenvalue weighted by Gasteiger charge is -2.35. The number of imidazole rings is 1. The Morgan fingerprint density at radius 2 is 1.34 bits per heavy atom. The number of aryl methyl sites for hydroxylation is 1. The van der Waals surface area contributed by atoms with E-state index in [0.29, 0.717) is 11.0 Å². The number of quaternary nitrogens is 1. The van der Waals surface area contributed by atoms with Crippen molar-refractivity contribution in [1.82, 2.24) is 14.5 Å². The van der Waals surface area contributed by atoms with Gasteiger partial charge in [-0.15, -0.1) is 0 Å². The number of anilines is 1. The Labute approximate surface area is 273 Å². The third-order valence-electron chi connectivity index (χ3n) is 8.62. The van der Waals surface area contributed by atoms with E-state index in [1.54, 1.807) is 0 Å². The van der Waals surface area contributed by atoms with E-state index in [2.05, 4.69) is 138 Å².